The fraction of sp³-hybridized carbons (Fsp3) is 0.400. The van der Waals surface area contributed by atoms with Crippen molar-refractivity contribution in [3.8, 4) is 0 Å². The predicted molar refractivity (Wildman–Crippen MR) is 67.6 cm³/mol. The van der Waals surface area contributed by atoms with Gasteiger partial charge in [0.1, 0.15) is 4.60 Å². The van der Waals surface area contributed by atoms with E-state index in [1.807, 2.05) is 0 Å². The molecule has 1 aromatic heterocycles. The van der Waals surface area contributed by atoms with Gasteiger partial charge in [0.2, 0.25) is 6.17 Å². The minimum absolute atomic E-state index is 0. The molecule has 2 atom stereocenters. The first kappa shape index (κ1) is 16.3. The largest absolute Gasteiger partial charge is 0.464 e. The molecule has 0 spiro atoms. The first-order valence-electron chi connectivity index (χ1n) is 4.74. The fourth-order valence-electron chi connectivity index (χ4n) is 1.16. The van der Waals surface area contributed by atoms with Crippen molar-refractivity contribution in [1.82, 2.24) is 4.98 Å². The first-order valence-corrected chi connectivity index (χ1v) is 5.53. The molecule has 1 rings (SSSR count). The van der Waals surface area contributed by atoms with Crippen molar-refractivity contribution >= 4 is 34.3 Å². The van der Waals surface area contributed by atoms with Crippen LogP contribution < -0.4 is 5.73 Å². The quantitative estimate of drug-likeness (QED) is 0.680. The van der Waals surface area contributed by atoms with E-state index in [4.69, 9.17) is 5.73 Å². The number of carbonyl (C=O) groups is 1. The molecule has 0 radical (unpaired) electrons. The highest BCUT2D eigenvalue weighted by atomic mass is 79.9. The van der Waals surface area contributed by atoms with Crippen LogP contribution in [0.3, 0.4) is 0 Å². The molecule has 0 fully saturated rings. The topological polar surface area (TPSA) is 65.2 Å². The number of halogens is 3. The van der Waals surface area contributed by atoms with Crippen LogP contribution in [0.5, 0.6) is 0 Å². The van der Waals surface area contributed by atoms with Crippen molar-refractivity contribution in [2.45, 2.75) is 19.1 Å². The summed E-state index contributed by atoms with van der Waals surface area (Å²) in [6.07, 6.45) is -0.383. The minimum Gasteiger partial charge on any atom is -0.464 e. The Morgan fingerprint density at radius 1 is 1.71 bits per heavy atom. The van der Waals surface area contributed by atoms with E-state index < -0.39 is 18.2 Å². The van der Waals surface area contributed by atoms with Gasteiger partial charge in [-0.05, 0) is 40.5 Å². The molecule has 96 valence electrons. The number of aromatic nitrogens is 1. The standard InChI is InChI=1S/C10H12BrFN2O2.ClH/c1-2-16-10(15)8(12)9(13)6-3-4-14-7(11)5-6;/h3-5,8-9H,2,13H2,1H3;1H/t8?,9-;/m1./s1. The summed E-state index contributed by atoms with van der Waals surface area (Å²) < 4.78 is 18.7. The number of nitrogens with two attached hydrogens (primary N) is 1. The lowest BCUT2D eigenvalue weighted by Gasteiger charge is -2.15. The molecule has 0 aliphatic carbocycles. The molecule has 2 N–H and O–H groups in total. The Kier molecular flexibility index (Phi) is 7.26. The molecular formula is C10H13BrClFN2O2. The molecular weight excluding hydrogens is 314 g/mol. The lowest BCUT2D eigenvalue weighted by atomic mass is 10.1. The van der Waals surface area contributed by atoms with Gasteiger partial charge in [0.25, 0.3) is 0 Å². The van der Waals surface area contributed by atoms with Crippen molar-refractivity contribution < 1.29 is 13.9 Å². The second-order valence-corrected chi connectivity index (χ2v) is 3.90. The minimum atomic E-state index is -1.87. The highest BCUT2D eigenvalue weighted by Crippen LogP contribution is 2.20. The van der Waals surface area contributed by atoms with E-state index >= 15 is 0 Å². The molecule has 0 aliphatic heterocycles. The summed E-state index contributed by atoms with van der Waals surface area (Å²) in [6.45, 7) is 1.74. The molecule has 0 aromatic carbocycles. The second-order valence-electron chi connectivity index (χ2n) is 3.09. The van der Waals surface area contributed by atoms with Crippen molar-refractivity contribution in [2.75, 3.05) is 6.61 Å². The molecule has 4 nitrogen and oxygen atoms in total. The van der Waals surface area contributed by atoms with E-state index in [9.17, 15) is 9.18 Å². The summed E-state index contributed by atoms with van der Waals surface area (Å²) in [7, 11) is 0. The molecule has 7 heteroatoms. The molecule has 1 unspecified atom stereocenters. The summed E-state index contributed by atoms with van der Waals surface area (Å²) in [6, 6.07) is 2.08. The monoisotopic (exact) mass is 326 g/mol. The summed E-state index contributed by atoms with van der Waals surface area (Å²) in [4.78, 5) is 15.0. The lowest BCUT2D eigenvalue weighted by molar-refractivity contribution is -0.149. The maximum absolute atomic E-state index is 13.6. The van der Waals surface area contributed by atoms with Crippen LogP contribution in [-0.2, 0) is 9.53 Å². The number of hydrogen-bond acceptors (Lipinski definition) is 4. The van der Waals surface area contributed by atoms with Gasteiger partial charge in [0.05, 0.1) is 12.6 Å². The third-order valence-electron chi connectivity index (χ3n) is 1.96. The van der Waals surface area contributed by atoms with Crippen LogP contribution in [0.4, 0.5) is 4.39 Å². The van der Waals surface area contributed by atoms with Crippen LogP contribution in [0.25, 0.3) is 0 Å². The number of esters is 1. The van der Waals surface area contributed by atoms with Gasteiger partial charge >= 0.3 is 5.97 Å². The first-order chi connectivity index (χ1) is 7.56. The van der Waals surface area contributed by atoms with Gasteiger partial charge in [-0.3, -0.25) is 0 Å². The third-order valence-corrected chi connectivity index (χ3v) is 2.40. The van der Waals surface area contributed by atoms with Crippen molar-refractivity contribution in [3.63, 3.8) is 0 Å². The van der Waals surface area contributed by atoms with Crippen LogP contribution in [0.15, 0.2) is 22.9 Å². The molecule has 1 heterocycles. The number of alkyl halides is 1. The average Bonchev–Trinajstić information content (AvgIpc) is 2.27. The summed E-state index contributed by atoms with van der Waals surface area (Å²) in [5.41, 5.74) is 6.10. The van der Waals surface area contributed by atoms with Gasteiger partial charge in [-0.2, -0.15) is 0 Å². The SMILES string of the molecule is CCOC(=O)C(F)[C@H](N)c1ccnc(Br)c1.Cl. The number of ether oxygens (including phenoxy) is 1. The normalized spacial score (nSPS) is 13.4. The Morgan fingerprint density at radius 2 is 2.35 bits per heavy atom. The van der Waals surface area contributed by atoms with Crippen LogP contribution >= 0.6 is 28.3 Å². The van der Waals surface area contributed by atoms with E-state index in [2.05, 4.69) is 25.7 Å². The van der Waals surface area contributed by atoms with Crippen LogP contribution in [0, 0.1) is 0 Å². The molecule has 1 aromatic rings. The van der Waals surface area contributed by atoms with Gasteiger partial charge in [-0.25, -0.2) is 14.2 Å². The van der Waals surface area contributed by atoms with E-state index in [-0.39, 0.29) is 19.0 Å². The lowest BCUT2D eigenvalue weighted by Crippen LogP contribution is -2.31. The zero-order chi connectivity index (χ0) is 12.1. The number of hydrogen-bond donors (Lipinski definition) is 1. The summed E-state index contributed by atoms with van der Waals surface area (Å²) in [5, 5.41) is 0. The van der Waals surface area contributed by atoms with Gasteiger partial charge in [-0.1, -0.05) is 0 Å². The van der Waals surface area contributed by atoms with E-state index in [0.717, 1.165) is 0 Å². The van der Waals surface area contributed by atoms with Gasteiger partial charge < -0.3 is 10.5 Å². The number of pyridine rings is 1. The maximum Gasteiger partial charge on any atom is 0.342 e. The third kappa shape index (κ3) is 4.57. The van der Waals surface area contributed by atoms with E-state index in [0.29, 0.717) is 10.2 Å². The average molecular weight is 328 g/mol. The molecule has 0 aliphatic rings. The Hall–Kier alpha value is -0.720. The van der Waals surface area contributed by atoms with E-state index in [1.165, 1.54) is 6.20 Å². The Bertz CT molecular complexity index is 381. The Labute approximate surface area is 113 Å². The highest BCUT2D eigenvalue weighted by Gasteiger charge is 2.27. The van der Waals surface area contributed by atoms with Crippen LogP contribution in [0.2, 0.25) is 0 Å². The van der Waals surface area contributed by atoms with Crippen LogP contribution in [0.1, 0.15) is 18.5 Å². The molecule has 17 heavy (non-hydrogen) atoms. The van der Waals surface area contributed by atoms with Crippen LogP contribution in [-0.4, -0.2) is 23.7 Å². The number of rotatable bonds is 4. The zero-order valence-electron chi connectivity index (χ0n) is 9.10. The number of carbonyl (C=O) groups excluding carboxylic acids is 1. The van der Waals surface area contributed by atoms with Crippen molar-refractivity contribution in [1.29, 1.82) is 0 Å². The number of nitrogens with zero attached hydrogens (tertiary/aromatic N) is 1. The second kappa shape index (κ2) is 7.58. The van der Waals surface area contributed by atoms with Gasteiger partial charge in [0.15, 0.2) is 0 Å². The van der Waals surface area contributed by atoms with Crippen molar-refractivity contribution in [3.05, 3.63) is 28.5 Å². The smallest absolute Gasteiger partial charge is 0.342 e. The predicted octanol–water partition coefficient (Wildman–Crippen LogP) is 2.17. The van der Waals surface area contributed by atoms with E-state index in [1.54, 1.807) is 19.1 Å². The molecule has 0 saturated carbocycles. The Balaban J connectivity index is 0.00000256. The molecule has 0 amide bonds. The highest BCUT2D eigenvalue weighted by molar-refractivity contribution is 9.10. The maximum atomic E-state index is 13.6. The fourth-order valence-corrected chi connectivity index (χ4v) is 1.54. The summed E-state index contributed by atoms with van der Waals surface area (Å²) in [5.74, 6) is -0.942. The van der Waals surface area contributed by atoms with Crippen molar-refractivity contribution in [2.24, 2.45) is 5.73 Å². The zero-order valence-corrected chi connectivity index (χ0v) is 11.5. The molecule has 0 bridgehead atoms. The summed E-state index contributed by atoms with van der Waals surface area (Å²) >= 11 is 3.14. The van der Waals surface area contributed by atoms with Gasteiger partial charge in [-0.15, -0.1) is 12.4 Å². The van der Waals surface area contributed by atoms with Gasteiger partial charge in [0, 0.05) is 6.20 Å². The molecule has 0 saturated heterocycles. The Morgan fingerprint density at radius 3 is 2.88 bits per heavy atom.